The van der Waals surface area contributed by atoms with Gasteiger partial charge in [-0.25, -0.2) is 14.3 Å². The molecular weight excluding hydrogens is 214 g/mol. The maximum atomic E-state index is 11.8. The van der Waals surface area contributed by atoms with E-state index in [1.54, 1.807) is 0 Å². The number of rotatable bonds is 3. The average molecular weight is 227 g/mol. The Labute approximate surface area is 88.9 Å². The van der Waals surface area contributed by atoms with Crippen LogP contribution in [0.4, 0.5) is 0 Å². The molecule has 0 amide bonds. The lowest BCUT2D eigenvalue weighted by molar-refractivity contribution is 0.141. The summed E-state index contributed by atoms with van der Waals surface area (Å²) in [6.45, 7) is 0.339. The Morgan fingerprint density at radius 1 is 1.40 bits per heavy atom. The lowest BCUT2D eigenvalue weighted by Gasteiger charge is -2.06. The molecule has 0 aromatic heterocycles. The van der Waals surface area contributed by atoms with Crippen molar-refractivity contribution >= 4 is 9.84 Å². The fourth-order valence-corrected chi connectivity index (χ4v) is 3.78. The van der Waals surface area contributed by atoms with Crippen molar-refractivity contribution in [1.82, 2.24) is 0 Å². The molecule has 1 aliphatic heterocycles. The molecule has 0 radical (unpaired) electrons. The maximum Gasteiger partial charge on any atom is 0.179 e. The van der Waals surface area contributed by atoms with Crippen molar-refractivity contribution < 1.29 is 13.3 Å². The van der Waals surface area contributed by atoms with E-state index >= 15 is 0 Å². The van der Waals surface area contributed by atoms with Crippen LogP contribution in [0.25, 0.3) is 0 Å². The Morgan fingerprint density at radius 3 is 2.93 bits per heavy atom. The zero-order valence-electron chi connectivity index (χ0n) is 8.27. The summed E-state index contributed by atoms with van der Waals surface area (Å²) in [6.07, 6.45) is 1.16. The van der Waals surface area contributed by atoms with E-state index in [4.69, 9.17) is 5.90 Å². The van der Waals surface area contributed by atoms with E-state index < -0.39 is 9.84 Å². The molecule has 1 heterocycles. The second kappa shape index (κ2) is 3.92. The van der Waals surface area contributed by atoms with Crippen LogP contribution in [-0.2, 0) is 27.5 Å². The van der Waals surface area contributed by atoms with E-state index in [9.17, 15) is 8.42 Å². The van der Waals surface area contributed by atoms with Crippen molar-refractivity contribution in [1.29, 1.82) is 0 Å². The van der Waals surface area contributed by atoms with Crippen LogP contribution in [0.3, 0.4) is 0 Å². The van der Waals surface area contributed by atoms with Gasteiger partial charge in [0, 0.05) is 0 Å². The zero-order chi connectivity index (χ0) is 10.9. The topological polar surface area (TPSA) is 69.4 Å². The summed E-state index contributed by atoms with van der Waals surface area (Å²) in [6, 6.07) is 5.57. The molecular formula is C10H13NO3S. The van der Waals surface area contributed by atoms with E-state index in [2.05, 4.69) is 4.84 Å². The largest absolute Gasteiger partial charge is 0.304 e. The molecule has 1 aromatic rings. The summed E-state index contributed by atoms with van der Waals surface area (Å²) in [5.41, 5.74) is 1.74. The molecule has 82 valence electrons. The van der Waals surface area contributed by atoms with Gasteiger partial charge in [0.05, 0.1) is 17.3 Å². The van der Waals surface area contributed by atoms with Gasteiger partial charge in [-0.05, 0) is 24.0 Å². The lowest BCUT2D eigenvalue weighted by Crippen LogP contribution is -2.08. The third kappa shape index (κ3) is 1.90. The predicted molar refractivity (Wildman–Crippen MR) is 56.0 cm³/mol. The third-order valence-corrected chi connectivity index (χ3v) is 4.51. The van der Waals surface area contributed by atoms with Crippen LogP contribution < -0.4 is 5.90 Å². The molecule has 4 nitrogen and oxygen atoms in total. The van der Waals surface area contributed by atoms with E-state index in [-0.39, 0.29) is 5.75 Å². The molecule has 5 heteroatoms. The van der Waals surface area contributed by atoms with Gasteiger partial charge < -0.3 is 4.84 Å². The predicted octanol–water partition coefficient (Wildman–Crippen LogP) is 0.449. The van der Waals surface area contributed by atoms with Crippen LogP contribution >= 0.6 is 0 Å². The molecule has 2 rings (SSSR count). The monoisotopic (exact) mass is 227 g/mol. The SMILES string of the molecule is NOCCc1cccc2c1S(=O)(=O)CC2. The van der Waals surface area contributed by atoms with Crippen molar-refractivity contribution in [3.63, 3.8) is 0 Å². The Bertz CT molecular complexity index is 468. The molecule has 0 bridgehead atoms. The fourth-order valence-electron chi connectivity index (χ4n) is 1.95. The van der Waals surface area contributed by atoms with Gasteiger partial charge in [0.1, 0.15) is 0 Å². The van der Waals surface area contributed by atoms with Gasteiger partial charge in [0.2, 0.25) is 0 Å². The highest BCUT2D eigenvalue weighted by Crippen LogP contribution is 2.29. The standard InChI is InChI=1S/C10H13NO3S/c11-14-6-4-8-2-1-3-9-5-7-15(12,13)10(8)9/h1-3H,4-7,11H2. The molecule has 0 fully saturated rings. The normalized spacial score (nSPS) is 17.7. The number of nitrogens with two attached hydrogens (primary N) is 1. The fraction of sp³-hybridized carbons (Fsp3) is 0.400. The Hall–Kier alpha value is -0.910. The van der Waals surface area contributed by atoms with E-state index in [0.29, 0.717) is 24.3 Å². The molecule has 0 unspecified atom stereocenters. The highest BCUT2D eigenvalue weighted by molar-refractivity contribution is 7.91. The smallest absolute Gasteiger partial charge is 0.179 e. The molecule has 0 spiro atoms. The Balaban J connectivity index is 2.45. The first-order valence-electron chi connectivity index (χ1n) is 4.80. The minimum Gasteiger partial charge on any atom is -0.304 e. The van der Waals surface area contributed by atoms with Crippen molar-refractivity contribution in [3.05, 3.63) is 29.3 Å². The van der Waals surface area contributed by atoms with Crippen LogP contribution in [-0.4, -0.2) is 20.8 Å². The summed E-state index contributed by atoms with van der Waals surface area (Å²) >= 11 is 0. The second-order valence-electron chi connectivity index (χ2n) is 3.60. The van der Waals surface area contributed by atoms with Gasteiger partial charge in [-0.3, -0.25) is 0 Å². The summed E-state index contributed by atoms with van der Waals surface area (Å²) in [5, 5.41) is 0. The van der Waals surface area contributed by atoms with Crippen LogP contribution in [0, 0.1) is 0 Å². The summed E-state index contributed by atoms with van der Waals surface area (Å²) in [7, 11) is -3.06. The maximum absolute atomic E-state index is 11.8. The highest BCUT2D eigenvalue weighted by Gasteiger charge is 2.28. The summed E-state index contributed by atoms with van der Waals surface area (Å²) in [5.74, 6) is 5.16. The third-order valence-electron chi connectivity index (χ3n) is 2.62. The quantitative estimate of drug-likeness (QED) is 0.761. The first-order valence-corrected chi connectivity index (χ1v) is 6.45. The van der Waals surface area contributed by atoms with Crippen molar-refractivity contribution in [3.8, 4) is 0 Å². The Kier molecular flexibility index (Phi) is 2.77. The number of sulfone groups is 1. The number of fused-ring (bicyclic) bond motifs is 1. The lowest BCUT2D eigenvalue weighted by atomic mass is 10.1. The van der Waals surface area contributed by atoms with Crippen molar-refractivity contribution in [2.45, 2.75) is 17.7 Å². The first kappa shape index (κ1) is 10.6. The summed E-state index contributed by atoms with van der Waals surface area (Å²) < 4.78 is 23.5. The van der Waals surface area contributed by atoms with Crippen LogP contribution in [0.1, 0.15) is 11.1 Å². The van der Waals surface area contributed by atoms with Crippen LogP contribution in [0.5, 0.6) is 0 Å². The van der Waals surface area contributed by atoms with Gasteiger partial charge in [-0.2, -0.15) is 0 Å². The molecule has 0 aliphatic carbocycles. The molecule has 1 aliphatic rings. The molecule has 0 saturated carbocycles. The number of benzene rings is 1. The van der Waals surface area contributed by atoms with Crippen LogP contribution in [0.15, 0.2) is 23.1 Å². The minimum atomic E-state index is -3.06. The average Bonchev–Trinajstić information content (AvgIpc) is 2.53. The molecule has 0 saturated heterocycles. The minimum absolute atomic E-state index is 0.225. The molecule has 2 N–H and O–H groups in total. The van der Waals surface area contributed by atoms with Crippen molar-refractivity contribution in [2.24, 2.45) is 5.90 Å². The van der Waals surface area contributed by atoms with Gasteiger partial charge in [0.25, 0.3) is 0 Å². The highest BCUT2D eigenvalue weighted by atomic mass is 32.2. The summed E-state index contributed by atoms with van der Waals surface area (Å²) in [4.78, 5) is 4.98. The molecule has 15 heavy (non-hydrogen) atoms. The van der Waals surface area contributed by atoms with Gasteiger partial charge in [-0.1, -0.05) is 18.2 Å². The van der Waals surface area contributed by atoms with E-state index in [1.165, 1.54) is 0 Å². The zero-order valence-corrected chi connectivity index (χ0v) is 9.09. The van der Waals surface area contributed by atoms with Gasteiger partial charge >= 0.3 is 0 Å². The van der Waals surface area contributed by atoms with Crippen LogP contribution in [0.2, 0.25) is 0 Å². The number of hydrogen-bond acceptors (Lipinski definition) is 4. The number of hydrogen-bond donors (Lipinski definition) is 1. The molecule has 1 aromatic carbocycles. The Morgan fingerprint density at radius 2 is 2.20 bits per heavy atom. The van der Waals surface area contributed by atoms with Crippen molar-refractivity contribution in [2.75, 3.05) is 12.4 Å². The second-order valence-corrected chi connectivity index (χ2v) is 5.64. The molecule has 0 atom stereocenters. The van der Waals surface area contributed by atoms with Gasteiger partial charge in [-0.15, -0.1) is 0 Å². The number of aryl methyl sites for hydroxylation is 1. The van der Waals surface area contributed by atoms with Gasteiger partial charge in [0.15, 0.2) is 9.84 Å². The first-order chi connectivity index (χ1) is 7.15. The van der Waals surface area contributed by atoms with E-state index in [1.807, 2.05) is 18.2 Å². The van der Waals surface area contributed by atoms with E-state index in [0.717, 1.165) is 11.1 Å².